The highest BCUT2D eigenvalue weighted by atomic mass is 35.5. The van der Waals surface area contributed by atoms with E-state index in [-0.39, 0.29) is 5.91 Å². The number of benzene rings is 2. The van der Waals surface area contributed by atoms with Gasteiger partial charge in [0, 0.05) is 16.3 Å². The first-order chi connectivity index (χ1) is 10.7. The van der Waals surface area contributed by atoms with Gasteiger partial charge in [0.1, 0.15) is 5.75 Å². The lowest BCUT2D eigenvalue weighted by Crippen LogP contribution is -2.12. The fourth-order valence-corrected chi connectivity index (χ4v) is 2.75. The van der Waals surface area contributed by atoms with Crippen molar-refractivity contribution in [1.82, 2.24) is 0 Å². The van der Waals surface area contributed by atoms with Crippen LogP contribution in [0.2, 0.25) is 5.02 Å². The molecule has 0 spiro atoms. The third-order valence-electron chi connectivity index (χ3n) is 3.82. The fourth-order valence-electron chi connectivity index (χ4n) is 2.62. The average Bonchev–Trinajstić information content (AvgIpc) is 3.03. The monoisotopic (exact) mass is 315 g/mol. The molecule has 0 heterocycles. The van der Waals surface area contributed by atoms with Crippen molar-refractivity contribution in [3.05, 3.63) is 59.1 Å². The zero-order valence-electron chi connectivity index (χ0n) is 12.2. The van der Waals surface area contributed by atoms with Crippen molar-refractivity contribution < 1.29 is 9.53 Å². The molecule has 2 aromatic rings. The Kier molecular flexibility index (Phi) is 4.64. The molecule has 3 nitrogen and oxygen atoms in total. The molecule has 2 aromatic carbocycles. The van der Waals surface area contributed by atoms with E-state index in [2.05, 4.69) is 5.32 Å². The second-order valence-electron chi connectivity index (χ2n) is 5.51. The predicted molar refractivity (Wildman–Crippen MR) is 88.7 cm³/mol. The van der Waals surface area contributed by atoms with Crippen LogP contribution in [-0.2, 0) is 0 Å². The first-order valence-corrected chi connectivity index (χ1v) is 7.92. The molecule has 1 N–H and O–H groups in total. The Morgan fingerprint density at radius 2 is 1.64 bits per heavy atom. The molecule has 0 unspecified atom stereocenters. The number of hydrogen-bond acceptors (Lipinski definition) is 2. The van der Waals surface area contributed by atoms with Crippen LogP contribution in [0.25, 0.3) is 0 Å². The van der Waals surface area contributed by atoms with Crippen LogP contribution in [0, 0.1) is 0 Å². The third kappa shape index (κ3) is 3.80. The Bertz CT molecular complexity index is 631. The lowest BCUT2D eigenvalue weighted by molar-refractivity contribution is 0.102. The number of carbonyl (C=O) groups excluding carboxylic acids is 1. The summed E-state index contributed by atoms with van der Waals surface area (Å²) in [6.45, 7) is 0. The Morgan fingerprint density at radius 3 is 2.27 bits per heavy atom. The van der Waals surface area contributed by atoms with Gasteiger partial charge >= 0.3 is 0 Å². The summed E-state index contributed by atoms with van der Waals surface area (Å²) in [5.74, 6) is 0.706. The van der Waals surface area contributed by atoms with Gasteiger partial charge in [-0.1, -0.05) is 11.6 Å². The van der Waals surface area contributed by atoms with Crippen molar-refractivity contribution in [3.63, 3.8) is 0 Å². The summed E-state index contributed by atoms with van der Waals surface area (Å²) in [6, 6.07) is 14.3. The van der Waals surface area contributed by atoms with Crippen LogP contribution in [0.4, 0.5) is 5.69 Å². The van der Waals surface area contributed by atoms with Crippen molar-refractivity contribution in [1.29, 1.82) is 0 Å². The second kappa shape index (κ2) is 6.84. The van der Waals surface area contributed by atoms with Gasteiger partial charge in [-0.3, -0.25) is 4.79 Å². The SMILES string of the molecule is O=C(Nc1ccc(OC2CCCC2)cc1)c1ccc(Cl)cc1. The van der Waals surface area contributed by atoms with Crippen molar-refractivity contribution in [2.24, 2.45) is 0 Å². The van der Waals surface area contributed by atoms with E-state index >= 15 is 0 Å². The van der Waals surface area contributed by atoms with Crippen LogP contribution in [-0.4, -0.2) is 12.0 Å². The molecule has 4 heteroatoms. The summed E-state index contributed by atoms with van der Waals surface area (Å²) >= 11 is 5.82. The minimum atomic E-state index is -0.152. The van der Waals surface area contributed by atoms with Gasteiger partial charge in [0.15, 0.2) is 0 Å². The second-order valence-corrected chi connectivity index (χ2v) is 5.95. The molecule has 0 bridgehead atoms. The first-order valence-electron chi connectivity index (χ1n) is 7.54. The van der Waals surface area contributed by atoms with E-state index in [0.717, 1.165) is 24.3 Å². The number of rotatable bonds is 4. The highest BCUT2D eigenvalue weighted by molar-refractivity contribution is 6.30. The fraction of sp³-hybridized carbons (Fsp3) is 0.278. The highest BCUT2D eigenvalue weighted by Crippen LogP contribution is 2.25. The predicted octanol–water partition coefficient (Wildman–Crippen LogP) is 4.91. The third-order valence-corrected chi connectivity index (χ3v) is 4.08. The molecular weight excluding hydrogens is 298 g/mol. The maximum atomic E-state index is 12.1. The summed E-state index contributed by atoms with van der Waals surface area (Å²) in [5.41, 5.74) is 1.33. The molecule has 1 saturated carbocycles. The summed E-state index contributed by atoms with van der Waals surface area (Å²) in [4.78, 5) is 12.1. The molecule has 0 atom stereocenters. The van der Waals surface area contributed by atoms with Crippen molar-refractivity contribution in [2.45, 2.75) is 31.8 Å². The molecular formula is C18H18ClNO2. The van der Waals surface area contributed by atoms with Crippen molar-refractivity contribution >= 4 is 23.2 Å². The standard InChI is InChI=1S/C18H18ClNO2/c19-14-7-5-13(6-8-14)18(21)20-15-9-11-17(12-10-15)22-16-3-1-2-4-16/h5-12,16H,1-4H2,(H,20,21). The van der Waals surface area contributed by atoms with Gasteiger partial charge in [0.2, 0.25) is 0 Å². The molecule has 1 amide bonds. The zero-order valence-corrected chi connectivity index (χ0v) is 13.0. The quantitative estimate of drug-likeness (QED) is 0.870. The summed E-state index contributed by atoms with van der Waals surface area (Å²) < 4.78 is 5.91. The molecule has 1 aliphatic rings. The molecule has 0 radical (unpaired) electrons. The van der Waals surface area contributed by atoms with E-state index in [0.29, 0.717) is 16.7 Å². The van der Waals surface area contributed by atoms with Gasteiger partial charge < -0.3 is 10.1 Å². The van der Waals surface area contributed by atoms with Crippen LogP contribution < -0.4 is 10.1 Å². The van der Waals surface area contributed by atoms with Gasteiger partial charge in [0.25, 0.3) is 5.91 Å². The topological polar surface area (TPSA) is 38.3 Å². The minimum absolute atomic E-state index is 0.152. The van der Waals surface area contributed by atoms with E-state index in [1.165, 1.54) is 12.8 Å². The molecule has 0 saturated heterocycles. The molecule has 114 valence electrons. The molecule has 1 aliphatic carbocycles. The van der Waals surface area contributed by atoms with E-state index < -0.39 is 0 Å². The van der Waals surface area contributed by atoms with Crippen molar-refractivity contribution in [3.8, 4) is 5.75 Å². The summed E-state index contributed by atoms with van der Waals surface area (Å²) in [6.07, 6.45) is 5.11. The minimum Gasteiger partial charge on any atom is -0.490 e. The number of halogens is 1. The summed E-state index contributed by atoms with van der Waals surface area (Å²) in [7, 11) is 0. The molecule has 0 aliphatic heterocycles. The number of carbonyl (C=O) groups is 1. The van der Waals surface area contributed by atoms with Gasteiger partial charge in [-0.15, -0.1) is 0 Å². The van der Waals surface area contributed by atoms with Gasteiger partial charge in [0.05, 0.1) is 6.10 Å². The number of hydrogen-bond donors (Lipinski definition) is 1. The van der Waals surface area contributed by atoms with Gasteiger partial charge in [-0.2, -0.15) is 0 Å². The van der Waals surface area contributed by atoms with E-state index in [9.17, 15) is 4.79 Å². The van der Waals surface area contributed by atoms with E-state index in [4.69, 9.17) is 16.3 Å². The Morgan fingerprint density at radius 1 is 1.00 bits per heavy atom. The average molecular weight is 316 g/mol. The molecule has 22 heavy (non-hydrogen) atoms. The number of nitrogens with one attached hydrogen (secondary N) is 1. The lowest BCUT2D eigenvalue weighted by atomic mass is 10.2. The lowest BCUT2D eigenvalue weighted by Gasteiger charge is -2.13. The van der Waals surface area contributed by atoms with Gasteiger partial charge in [-0.05, 0) is 74.2 Å². The van der Waals surface area contributed by atoms with Crippen LogP contribution in [0.15, 0.2) is 48.5 Å². The molecule has 0 aromatic heterocycles. The molecule has 1 fully saturated rings. The Hall–Kier alpha value is -2.00. The van der Waals surface area contributed by atoms with Gasteiger partial charge in [-0.25, -0.2) is 0 Å². The number of ether oxygens (including phenoxy) is 1. The van der Waals surface area contributed by atoms with E-state index in [1.807, 2.05) is 24.3 Å². The maximum absolute atomic E-state index is 12.1. The van der Waals surface area contributed by atoms with Crippen LogP contribution in [0.5, 0.6) is 5.75 Å². The Balaban J connectivity index is 1.60. The van der Waals surface area contributed by atoms with Crippen LogP contribution in [0.3, 0.4) is 0 Å². The Labute approximate surface area is 135 Å². The van der Waals surface area contributed by atoms with Crippen LogP contribution in [0.1, 0.15) is 36.0 Å². The maximum Gasteiger partial charge on any atom is 0.255 e. The largest absolute Gasteiger partial charge is 0.490 e. The van der Waals surface area contributed by atoms with E-state index in [1.54, 1.807) is 24.3 Å². The number of amides is 1. The molecule has 3 rings (SSSR count). The number of anilines is 1. The first kappa shape index (κ1) is 14.9. The normalized spacial score (nSPS) is 14.8. The highest BCUT2D eigenvalue weighted by Gasteiger charge is 2.16. The van der Waals surface area contributed by atoms with Crippen molar-refractivity contribution in [2.75, 3.05) is 5.32 Å². The summed E-state index contributed by atoms with van der Waals surface area (Å²) in [5, 5.41) is 3.48. The van der Waals surface area contributed by atoms with Crippen LogP contribution >= 0.6 is 11.6 Å². The zero-order chi connectivity index (χ0) is 15.4. The smallest absolute Gasteiger partial charge is 0.255 e.